The summed E-state index contributed by atoms with van der Waals surface area (Å²) in [4.78, 5) is 1.28. The molecule has 0 amide bonds. The second-order valence-corrected chi connectivity index (χ2v) is 5.77. The maximum Gasteiger partial charge on any atom is 0.0344 e. The maximum absolute atomic E-state index is 5.82. The van der Waals surface area contributed by atoms with E-state index in [-0.39, 0.29) is 0 Å². The van der Waals surface area contributed by atoms with Crippen LogP contribution in [-0.4, -0.2) is 0 Å². The molecule has 94 valence electrons. The number of anilines is 1. The fourth-order valence-corrected chi connectivity index (χ4v) is 2.74. The van der Waals surface area contributed by atoms with Crippen LogP contribution >= 0.6 is 11.8 Å². The van der Waals surface area contributed by atoms with Crippen molar-refractivity contribution in [1.29, 1.82) is 0 Å². The van der Waals surface area contributed by atoms with Crippen LogP contribution in [-0.2, 0) is 5.75 Å². The van der Waals surface area contributed by atoms with E-state index < -0.39 is 0 Å². The summed E-state index contributed by atoms with van der Waals surface area (Å²) in [5.41, 5.74) is 11.9. The molecule has 0 atom stereocenters. The van der Waals surface area contributed by atoms with E-state index in [4.69, 9.17) is 5.73 Å². The highest BCUT2D eigenvalue weighted by Crippen LogP contribution is 2.26. The molecular formula is C16H19NS. The van der Waals surface area contributed by atoms with Crippen LogP contribution in [0.15, 0.2) is 41.3 Å². The zero-order valence-electron chi connectivity index (χ0n) is 11.2. The Hall–Kier alpha value is -1.41. The van der Waals surface area contributed by atoms with Gasteiger partial charge in [-0.2, -0.15) is 0 Å². The molecule has 2 rings (SSSR count). The van der Waals surface area contributed by atoms with Crippen molar-refractivity contribution in [2.45, 2.75) is 31.4 Å². The third-order valence-electron chi connectivity index (χ3n) is 3.22. The molecule has 2 heteroatoms. The number of rotatable bonds is 3. The topological polar surface area (TPSA) is 26.0 Å². The number of hydrogen-bond donors (Lipinski definition) is 1. The molecule has 0 aliphatic rings. The first-order valence-electron chi connectivity index (χ1n) is 6.11. The van der Waals surface area contributed by atoms with Crippen molar-refractivity contribution in [1.82, 2.24) is 0 Å². The molecule has 0 saturated heterocycles. The van der Waals surface area contributed by atoms with Gasteiger partial charge in [0.1, 0.15) is 0 Å². The molecule has 0 fully saturated rings. The first-order chi connectivity index (χ1) is 8.56. The Balaban J connectivity index is 2.06. The van der Waals surface area contributed by atoms with Gasteiger partial charge in [-0.25, -0.2) is 0 Å². The van der Waals surface area contributed by atoms with Crippen molar-refractivity contribution in [2.24, 2.45) is 0 Å². The molecule has 2 N–H and O–H groups in total. The van der Waals surface area contributed by atoms with Gasteiger partial charge in [0, 0.05) is 16.3 Å². The van der Waals surface area contributed by atoms with E-state index in [0.717, 1.165) is 17.0 Å². The standard InChI is InChI=1S/C16H19NS/c1-11-4-5-14(8-12(11)2)10-18-15-6-7-16(17)13(3)9-15/h4-9H,10,17H2,1-3H3. The predicted molar refractivity (Wildman–Crippen MR) is 81.1 cm³/mol. The molecule has 2 aromatic carbocycles. The number of benzene rings is 2. The average Bonchev–Trinajstić information content (AvgIpc) is 2.35. The van der Waals surface area contributed by atoms with Gasteiger partial charge in [0.25, 0.3) is 0 Å². The molecule has 0 radical (unpaired) electrons. The van der Waals surface area contributed by atoms with Crippen LogP contribution in [0.3, 0.4) is 0 Å². The van der Waals surface area contributed by atoms with Crippen LogP contribution < -0.4 is 5.73 Å². The van der Waals surface area contributed by atoms with Gasteiger partial charge in [-0.05, 0) is 61.2 Å². The van der Waals surface area contributed by atoms with Gasteiger partial charge in [-0.1, -0.05) is 18.2 Å². The minimum Gasteiger partial charge on any atom is -0.399 e. The summed E-state index contributed by atoms with van der Waals surface area (Å²) in [5.74, 6) is 1.00. The van der Waals surface area contributed by atoms with E-state index in [1.165, 1.54) is 21.6 Å². The number of aryl methyl sites for hydroxylation is 3. The van der Waals surface area contributed by atoms with Crippen LogP contribution in [0.2, 0.25) is 0 Å². The Morgan fingerprint density at radius 1 is 0.889 bits per heavy atom. The molecule has 0 spiro atoms. The van der Waals surface area contributed by atoms with Gasteiger partial charge < -0.3 is 5.73 Å². The Bertz CT molecular complexity index is 510. The average molecular weight is 257 g/mol. The lowest BCUT2D eigenvalue weighted by molar-refractivity contribution is 1.28. The van der Waals surface area contributed by atoms with Crippen molar-refractivity contribution in [3.63, 3.8) is 0 Å². The van der Waals surface area contributed by atoms with Crippen LogP contribution in [0.25, 0.3) is 0 Å². The van der Waals surface area contributed by atoms with E-state index in [0.29, 0.717) is 0 Å². The van der Waals surface area contributed by atoms with Gasteiger partial charge in [-0.3, -0.25) is 0 Å². The van der Waals surface area contributed by atoms with Gasteiger partial charge in [0.05, 0.1) is 0 Å². The molecule has 0 aliphatic heterocycles. The summed E-state index contributed by atoms with van der Waals surface area (Å²) in [5, 5.41) is 0. The molecule has 0 unspecified atom stereocenters. The Morgan fingerprint density at radius 2 is 1.67 bits per heavy atom. The van der Waals surface area contributed by atoms with Crippen molar-refractivity contribution < 1.29 is 0 Å². The van der Waals surface area contributed by atoms with Gasteiger partial charge in [0.2, 0.25) is 0 Å². The van der Waals surface area contributed by atoms with E-state index >= 15 is 0 Å². The van der Waals surface area contributed by atoms with E-state index in [2.05, 4.69) is 51.1 Å². The van der Waals surface area contributed by atoms with Crippen molar-refractivity contribution >= 4 is 17.4 Å². The summed E-state index contributed by atoms with van der Waals surface area (Å²) in [6, 6.07) is 12.9. The molecule has 0 saturated carbocycles. The van der Waals surface area contributed by atoms with E-state index in [1.807, 2.05) is 17.8 Å². The summed E-state index contributed by atoms with van der Waals surface area (Å²) in [6.45, 7) is 6.36. The third kappa shape index (κ3) is 3.08. The zero-order chi connectivity index (χ0) is 13.1. The lowest BCUT2D eigenvalue weighted by Gasteiger charge is -2.07. The fraction of sp³-hybridized carbons (Fsp3) is 0.250. The molecule has 0 bridgehead atoms. The van der Waals surface area contributed by atoms with Gasteiger partial charge in [0.15, 0.2) is 0 Å². The molecule has 0 aromatic heterocycles. The summed E-state index contributed by atoms with van der Waals surface area (Å²) < 4.78 is 0. The number of thioether (sulfide) groups is 1. The fourth-order valence-electron chi connectivity index (χ4n) is 1.80. The van der Waals surface area contributed by atoms with Gasteiger partial charge in [-0.15, -0.1) is 11.8 Å². The summed E-state index contributed by atoms with van der Waals surface area (Å²) in [7, 11) is 0. The minimum absolute atomic E-state index is 0.866. The molecule has 18 heavy (non-hydrogen) atoms. The quantitative estimate of drug-likeness (QED) is 0.648. The SMILES string of the molecule is Cc1ccc(CSc2ccc(N)c(C)c2)cc1C. The lowest BCUT2D eigenvalue weighted by Crippen LogP contribution is -1.89. The highest BCUT2D eigenvalue weighted by Gasteiger charge is 2.00. The van der Waals surface area contributed by atoms with Crippen molar-refractivity contribution in [3.05, 3.63) is 58.7 Å². The molecule has 2 aromatic rings. The van der Waals surface area contributed by atoms with Crippen LogP contribution in [0.5, 0.6) is 0 Å². The number of nitrogens with two attached hydrogens (primary N) is 1. The van der Waals surface area contributed by atoms with Crippen LogP contribution in [0.1, 0.15) is 22.3 Å². The number of hydrogen-bond acceptors (Lipinski definition) is 2. The smallest absolute Gasteiger partial charge is 0.0344 e. The largest absolute Gasteiger partial charge is 0.399 e. The molecule has 0 heterocycles. The zero-order valence-corrected chi connectivity index (χ0v) is 12.0. The van der Waals surface area contributed by atoms with Gasteiger partial charge >= 0.3 is 0 Å². The van der Waals surface area contributed by atoms with Crippen LogP contribution in [0, 0.1) is 20.8 Å². The Labute approximate surface area is 113 Å². The predicted octanol–water partition coefficient (Wildman–Crippen LogP) is 4.49. The van der Waals surface area contributed by atoms with E-state index in [9.17, 15) is 0 Å². The second kappa shape index (κ2) is 5.49. The lowest BCUT2D eigenvalue weighted by atomic mass is 10.1. The first kappa shape index (κ1) is 13.0. The Kier molecular flexibility index (Phi) is 3.97. The highest BCUT2D eigenvalue weighted by atomic mass is 32.2. The Morgan fingerprint density at radius 3 is 2.33 bits per heavy atom. The maximum atomic E-state index is 5.82. The summed E-state index contributed by atoms with van der Waals surface area (Å²) >= 11 is 1.86. The van der Waals surface area contributed by atoms with Crippen molar-refractivity contribution in [3.8, 4) is 0 Å². The number of nitrogen functional groups attached to an aromatic ring is 1. The third-order valence-corrected chi connectivity index (χ3v) is 4.28. The summed E-state index contributed by atoms with van der Waals surface area (Å²) in [6.07, 6.45) is 0. The van der Waals surface area contributed by atoms with E-state index in [1.54, 1.807) is 0 Å². The molecular weight excluding hydrogens is 238 g/mol. The van der Waals surface area contributed by atoms with Crippen LogP contribution in [0.4, 0.5) is 5.69 Å². The first-order valence-corrected chi connectivity index (χ1v) is 7.10. The monoisotopic (exact) mass is 257 g/mol. The highest BCUT2D eigenvalue weighted by molar-refractivity contribution is 7.98. The normalized spacial score (nSPS) is 10.6. The minimum atomic E-state index is 0.866. The second-order valence-electron chi connectivity index (χ2n) is 4.73. The molecule has 1 nitrogen and oxygen atoms in total. The van der Waals surface area contributed by atoms with Crippen molar-refractivity contribution in [2.75, 3.05) is 5.73 Å². The molecule has 0 aliphatic carbocycles.